The van der Waals surface area contributed by atoms with Crippen LogP contribution in [0.2, 0.25) is 5.02 Å². The summed E-state index contributed by atoms with van der Waals surface area (Å²) in [5.41, 5.74) is 0. The van der Waals surface area contributed by atoms with Crippen LogP contribution in [-0.2, 0) is 0 Å². The Bertz CT molecular complexity index is 345. The summed E-state index contributed by atoms with van der Waals surface area (Å²) in [6, 6.07) is 1.80. The van der Waals surface area contributed by atoms with Crippen molar-refractivity contribution in [1.29, 1.82) is 0 Å². The lowest BCUT2D eigenvalue weighted by molar-refractivity contribution is 0.303. The molecule has 0 aliphatic rings. The Morgan fingerprint density at radius 1 is 1.21 bits per heavy atom. The van der Waals surface area contributed by atoms with Crippen LogP contribution in [-0.4, -0.2) is 24.7 Å². The molecule has 0 atom stereocenters. The van der Waals surface area contributed by atoms with Gasteiger partial charge in [-0.15, -0.1) is 0 Å². The van der Waals surface area contributed by atoms with Gasteiger partial charge in [0.25, 0.3) is 0 Å². The molecule has 0 radical (unpaired) electrons. The average Bonchev–Trinajstić information content (AvgIpc) is 2.36. The van der Waals surface area contributed by atoms with Crippen LogP contribution >= 0.6 is 11.6 Å². The maximum absolute atomic E-state index is 5.83. The second-order valence-corrected chi connectivity index (χ2v) is 5.64. The molecule has 4 heteroatoms. The zero-order chi connectivity index (χ0) is 13.9. The van der Waals surface area contributed by atoms with Crippen LogP contribution in [0.1, 0.15) is 39.5 Å². The number of halogens is 1. The predicted octanol–water partition coefficient (Wildman–Crippen LogP) is 3.92. The SMILES string of the molecule is CC(C)CNCCCCCCOc1cncc(Cl)c1. The van der Waals surface area contributed by atoms with E-state index in [-0.39, 0.29) is 0 Å². The van der Waals surface area contributed by atoms with E-state index in [1.54, 1.807) is 18.5 Å². The molecule has 0 aliphatic carbocycles. The first-order valence-electron chi connectivity index (χ1n) is 7.12. The van der Waals surface area contributed by atoms with Crippen molar-refractivity contribution in [3.05, 3.63) is 23.5 Å². The maximum Gasteiger partial charge on any atom is 0.139 e. The van der Waals surface area contributed by atoms with Crippen molar-refractivity contribution in [3.8, 4) is 5.75 Å². The molecule has 0 saturated carbocycles. The normalized spacial score (nSPS) is 10.9. The number of ether oxygens (including phenoxy) is 1. The number of aromatic nitrogens is 1. The third-order valence-corrected chi connectivity index (χ3v) is 2.96. The van der Waals surface area contributed by atoms with Crippen molar-refractivity contribution in [3.63, 3.8) is 0 Å². The van der Waals surface area contributed by atoms with Crippen molar-refractivity contribution in [2.75, 3.05) is 19.7 Å². The Hall–Kier alpha value is -0.800. The van der Waals surface area contributed by atoms with E-state index in [4.69, 9.17) is 16.3 Å². The summed E-state index contributed by atoms with van der Waals surface area (Å²) < 4.78 is 5.58. The van der Waals surface area contributed by atoms with Crippen LogP contribution in [0.5, 0.6) is 5.75 Å². The number of hydrogen-bond donors (Lipinski definition) is 1. The Balaban J connectivity index is 1.91. The van der Waals surface area contributed by atoms with E-state index in [0.717, 1.165) is 37.8 Å². The minimum Gasteiger partial charge on any atom is -0.492 e. The van der Waals surface area contributed by atoms with Gasteiger partial charge in [-0.3, -0.25) is 4.98 Å². The standard InChI is InChI=1S/C15H25ClN2O/c1-13(2)10-17-7-5-3-4-6-8-19-15-9-14(16)11-18-12-15/h9,11-13,17H,3-8,10H2,1-2H3. The first kappa shape index (κ1) is 16.3. The van der Waals surface area contributed by atoms with Gasteiger partial charge in [-0.05, 0) is 31.8 Å². The molecule has 0 amide bonds. The second kappa shape index (κ2) is 10.0. The first-order valence-corrected chi connectivity index (χ1v) is 7.50. The lowest BCUT2D eigenvalue weighted by atomic mass is 10.2. The summed E-state index contributed by atoms with van der Waals surface area (Å²) in [4.78, 5) is 3.98. The lowest BCUT2D eigenvalue weighted by Crippen LogP contribution is -2.20. The van der Waals surface area contributed by atoms with Gasteiger partial charge in [0.2, 0.25) is 0 Å². The Morgan fingerprint density at radius 2 is 2.00 bits per heavy atom. The van der Waals surface area contributed by atoms with Crippen molar-refractivity contribution in [1.82, 2.24) is 10.3 Å². The minimum atomic E-state index is 0.619. The summed E-state index contributed by atoms with van der Waals surface area (Å²) in [7, 11) is 0. The molecule has 0 aromatic carbocycles. The zero-order valence-corrected chi connectivity index (χ0v) is 12.7. The number of pyridine rings is 1. The Morgan fingerprint density at radius 3 is 2.74 bits per heavy atom. The van der Waals surface area contributed by atoms with Gasteiger partial charge in [0, 0.05) is 12.3 Å². The lowest BCUT2D eigenvalue weighted by Gasteiger charge is -2.07. The molecule has 3 nitrogen and oxygen atoms in total. The van der Waals surface area contributed by atoms with Crippen molar-refractivity contribution >= 4 is 11.6 Å². The molecule has 1 heterocycles. The summed E-state index contributed by atoms with van der Waals surface area (Å²) in [6.45, 7) is 7.44. The molecule has 1 rings (SSSR count). The average molecular weight is 285 g/mol. The van der Waals surface area contributed by atoms with Crippen LogP contribution in [0.3, 0.4) is 0 Å². The molecule has 0 fully saturated rings. The number of nitrogens with one attached hydrogen (secondary N) is 1. The maximum atomic E-state index is 5.83. The van der Waals surface area contributed by atoms with E-state index in [2.05, 4.69) is 24.1 Å². The summed E-state index contributed by atoms with van der Waals surface area (Å²) >= 11 is 5.83. The van der Waals surface area contributed by atoms with Gasteiger partial charge >= 0.3 is 0 Å². The molecule has 0 spiro atoms. The molecule has 108 valence electrons. The first-order chi connectivity index (χ1) is 9.18. The highest BCUT2D eigenvalue weighted by molar-refractivity contribution is 6.30. The smallest absolute Gasteiger partial charge is 0.139 e. The van der Waals surface area contributed by atoms with Gasteiger partial charge < -0.3 is 10.1 Å². The number of rotatable bonds is 10. The fourth-order valence-corrected chi connectivity index (χ4v) is 1.92. The number of unbranched alkanes of at least 4 members (excludes halogenated alkanes) is 3. The predicted molar refractivity (Wildman–Crippen MR) is 80.9 cm³/mol. The molecule has 0 unspecified atom stereocenters. The van der Waals surface area contributed by atoms with Gasteiger partial charge in [0.1, 0.15) is 5.75 Å². The van der Waals surface area contributed by atoms with Crippen LogP contribution in [0.15, 0.2) is 18.5 Å². The number of nitrogens with zero attached hydrogens (tertiary/aromatic N) is 1. The molecule has 1 aromatic rings. The van der Waals surface area contributed by atoms with Crippen molar-refractivity contribution in [2.24, 2.45) is 5.92 Å². The molecule has 1 N–H and O–H groups in total. The van der Waals surface area contributed by atoms with E-state index in [0.29, 0.717) is 5.02 Å². The summed E-state index contributed by atoms with van der Waals surface area (Å²) in [5.74, 6) is 1.49. The van der Waals surface area contributed by atoms with Crippen LogP contribution < -0.4 is 10.1 Å². The topological polar surface area (TPSA) is 34.1 Å². The van der Waals surface area contributed by atoms with Gasteiger partial charge in [-0.2, -0.15) is 0 Å². The molecule has 0 aliphatic heterocycles. The van der Waals surface area contributed by atoms with Gasteiger partial charge in [0.15, 0.2) is 0 Å². The largest absolute Gasteiger partial charge is 0.492 e. The quantitative estimate of drug-likeness (QED) is 0.661. The van der Waals surface area contributed by atoms with E-state index in [1.807, 2.05) is 0 Å². The Labute approximate surface area is 121 Å². The molecule has 19 heavy (non-hydrogen) atoms. The third kappa shape index (κ3) is 8.84. The highest BCUT2D eigenvalue weighted by Gasteiger charge is 1.96. The molecule has 0 saturated heterocycles. The fourth-order valence-electron chi connectivity index (χ4n) is 1.76. The summed E-state index contributed by atoms with van der Waals surface area (Å²) in [6.07, 6.45) is 8.09. The van der Waals surface area contributed by atoms with Crippen LogP contribution in [0, 0.1) is 5.92 Å². The van der Waals surface area contributed by atoms with Gasteiger partial charge in [-0.1, -0.05) is 38.3 Å². The number of hydrogen-bond acceptors (Lipinski definition) is 3. The van der Waals surface area contributed by atoms with E-state index >= 15 is 0 Å². The molecule has 0 bridgehead atoms. The van der Waals surface area contributed by atoms with Crippen LogP contribution in [0.25, 0.3) is 0 Å². The molecular weight excluding hydrogens is 260 g/mol. The van der Waals surface area contributed by atoms with E-state index < -0.39 is 0 Å². The molecule has 1 aromatic heterocycles. The van der Waals surface area contributed by atoms with Crippen molar-refractivity contribution < 1.29 is 4.74 Å². The van der Waals surface area contributed by atoms with Gasteiger partial charge in [0.05, 0.1) is 17.8 Å². The highest BCUT2D eigenvalue weighted by atomic mass is 35.5. The molecular formula is C15H25ClN2O. The van der Waals surface area contributed by atoms with Crippen LogP contribution in [0.4, 0.5) is 0 Å². The fraction of sp³-hybridized carbons (Fsp3) is 0.667. The third-order valence-electron chi connectivity index (χ3n) is 2.75. The van der Waals surface area contributed by atoms with Crippen molar-refractivity contribution in [2.45, 2.75) is 39.5 Å². The zero-order valence-electron chi connectivity index (χ0n) is 12.0. The van der Waals surface area contributed by atoms with E-state index in [9.17, 15) is 0 Å². The monoisotopic (exact) mass is 284 g/mol. The van der Waals surface area contributed by atoms with Gasteiger partial charge in [-0.25, -0.2) is 0 Å². The minimum absolute atomic E-state index is 0.619. The highest BCUT2D eigenvalue weighted by Crippen LogP contribution is 2.15. The van der Waals surface area contributed by atoms with E-state index in [1.165, 1.54) is 19.3 Å². The Kier molecular flexibility index (Phi) is 8.59. The second-order valence-electron chi connectivity index (χ2n) is 5.20. The summed E-state index contributed by atoms with van der Waals surface area (Å²) in [5, 5.41) is 4.07.